The summed E-state index contributed by atoms with van der Waals surface area (Å²) in [5.74, 6) is 0.562. The normalized spacial score (nSPS) is 10.9. The van der Waals surface area contributed by atoms with Gasteiger partial charge >= 0.3 is 0 Å². The topological polar surface area (TPSA) is 55.3 Å². The van der Waals surface area contributed by atoms with Gasteiger partial charge in [-0.3, -0.25) is 0 Å². The van der Waals surface area contributed by atoms with Crippen LogP contribution in [0, 0.1) is 0 Å². The van der Waals surface area contributed by atoms with E-state index >= 15 is 0 Å². The third-order valence-corrected chi connectivity index (χ3v) is 3.46. The first-order chi connectivity index (χ1) is 9.54. The summed E-state index contributed by atoms with van der Waals surface area (Å²) in [6.45, 7) is 0. The second-order valence-corrected chi connectivity index (χ2v) is 5.21. The van der Waals surface area contributed by atoms with Gasteiger partial charge in [-0.2, -0.15) is 0 Å². The molecule has 0 atom stereocenters. The number of hydrogen-bond donors (Lipinski definition) is 1. The lowest BCUT2D eigenvalue weighted by Crippen LogP contribution is -2.07. The number of benzene rings is 2. The Morgan fingerprint density at radius 1 is 1.15 bits per heavy atom. The predicted molar refractivity (Wildman–Crippen MR) is 83.2 cm³/mol. The highest BCUT2D eigenvalue weighted by Crippen LogP contribution is 2.30. The Bertz CT molecular complexity index is 724. The van der Waals surface area contributed by atoms with Crippen LogP contribution in [-0.4, -0.2) is 19.1 Å². The molecule has 2 N–H and O–H groups in total. The lowest BCUT2D eigenvalue weighted by Gasteiger charge is -2.11. The van der Waals surface area contributed by atoms with Crippen molar-refractivity contribution in [1.82, 2.24) is 4.98 Å². The van der Waals surface area contributed by atoms with Crippen molar-refractivity contribution in [2.24, 2.45) is 0 Å². The molecule has 20 heavy (non-hydrogen) atoms. The van der Waals surface area contributed by atoms with Gasteiger partial charge in [0.1, 0.15) is 5.52 Å². The van der Waals surface area contributed by atoms with E-state index in [0.717, 1.165) is 11.3 Å². The molecule has 0 fully saturated rings. The third kappa shape index (κ3) is 2.18. The van der Waals surface area contributed by atoms with E-state index < -0.39 is 0 Å². The molecule has 0 saturated heterocycles. The Kier molecular flexibility index (Phi) is 3.03. The van der Waals surface area contributed by atoms with Gasteiger partial charge in [0, 0.05) is 31.4 Å². The maximum atomic E-state index is 5.99. The van der Waals surface area contributed by atoms with E-state index in [9.17, 15) is 0 Å². The van der Waals surface area contributed by atoms with Gasteiger partial charge in [0.2, 0.25) is 5.89 Å². The van der Waals surface area contributed by atoms with Crippen LogP contribution in [-0.2, 0) is 0 Å². The number of nitrogens with two attached hydrogens (primary N) is 1. The molecule has 0 aliphatic rings. The number of hydrogen-bond acceptors (Lipinski definition) is 4. The van der Waals surface area contributed by atoms with Gasteiger partial charge in [0.05, 0.1) is 10.7 Å². The summed E-state index contributed by atoms with van der Waals surface area (Å²) in [7, 11) is 4.00. The van der Waals surface area contributed by atoms with E-state index in [1.807, 2.05) is 43.3 Å². The molecule has 1 heterocycles. The summed E-state index contributed by atoms with van der Waals surface area (Å²) in [4.78, 5) is 6.48. The van der Waals surface area contributed by atoms with Crippen molar-refractivity contribution < 1.29 is 4.42 Å². The van der Waals surface area contributed by atoms with Crippen molar-refractivity contribution in [2.75, 3.05) is 24.7 Å². The minimum Gasteiger partial charge on any atom is -0.436 e. The Morgan fingerprint density at radius 2 is 1.85 bits per heavy atom. The van der Waals surface area contributed by atoms with Crippen LogP contribution >= 0.6 is 11.6 Å². The van der Waals surface area contributed by atoms with Gasteiger partial charge in [-0.1, -0.05) is 11.6 Å². The monoisotopic (exact) mass is 287 g/mol. The van der Waals surface area contributed by atoms with Gasteiger partial charge in [-0.15, -0.1) is 0 Å². The number of nitrogens with zero attached hydrogens (tertiary/aromatic N) is 2. The Labute approximate surface area is 121 Å². The summed E-state index contributed by atoms with van der Waals surface area (Å²) in [5, 5.41) is 0.486. The number of anilines is 2. The lowest BCUT2D eigenvalue weighted by atomic mass is 10.2. The van der Waals surface area contributed by atoms with Crippen LogP contribution in [0.2, 0.25) is 5.02 Å². The second-order valence-electron chi connectivity index (χ2n) is 4.80. The standard InChI is InChI=1S/C15H14ClN3O/c1-19(2)10-5-3-9(4-6-10)15-18-13-7-11(16)12(17)8-14(13)20-15/h3-8H,17H2,1-2H3. The average molecular weight is 288 g/mol. The molecule has 0 radical (unpaired) electrons. The number of nitrogen functional groups attached to an aromatic ring is 1. The van der Waals surface area contributed by atoms with Crippen molar-refractivity contribution in [3.63, 3.8) is 0 Å². The van der Waals surface area contributed by atoms with Gasteiger partial charge < -0.3 is 15.1 Å². The molecular weight excluding hydrogens is 274 g/mol. The van der Waals surface area contributed by atoms with Crippen LogP contribution in [0.1, 0.15) is 0 Å². The zero-order chi connectivity index (χ0) is 14.3. The SMILES string of the molecule is CN(C)c1ccc(-c2nc3cc(Cl)c(N)cc3o2)cc1. The fraction of sp³-hybridized carbons (Fsp3) is 0.133. The minimum atomic E-state index is 0.486. The van der Waals surface area contributed by atoms with Crippen molar-refractivity contribution in [2.45, 2.75) is 0 Å². The van der Waals surface area contributed by atoms with E-state index in [2.05, 4.69) is 4.98 Å². The zero-order valence-electron chi connectivity index (χ0n) is 11.2. The molecule has 4 nitrogen and oxygen atoms in total. The molecular formula is C15H14ClN3O. The first-order valence-corrected chi connectivity index (χ1v) is 6.56. The van der Waals surface area contributed by atoms with Gasteiger partial charge in [0.15, 0.2) is 5.58 Å². The molecule has 2 aromatic carbocycles. The molecule has 0 bridgehead atoms. The number of rotatable bonds is 2. The summed E-state index contributed by atoms with van der Waals surface area (Å²) in [6.07, 6.45) is 0. The molecule has 0 saturated carbocycles. The Morgan fingerprint density at radius 3 is 2.50 bits per heavy atom. The fourth-order valence-electron chi connectivity index (χ4n) is 1.99. The maximum absolute atomic E-state index is 5.99. The van der Waals surface area contributed by atoms with Crippen LogP contribution < -0.4 is 10.6 Å². The number of aromatic nitrogens is 1. The van der Waals surface area contributed by atoms with Crippen LogP contribution in [0.4, 0.5) is 11.4 Å². The molecule has 3 aromatic rings. The van der Waals surface area contributed by atoms with E-state index in [0.29, 0.717) is 27.7 Å². The van der Waals surface area contributed by atoms with E-state index in [-0.39, 0.29) is 0 Å². The molecule has 3 rings (SSSR count). The third-order valence-electron chi connectivity index (χ3n) is 3.14. The molecule has 0 aliphatic carbocycles. The fourth-order valence-corrected chi connectivity index (χ4v) is 2.15. The van der Waals surface area contributed by atoms with Crippen molar-refractivity contribution in [1.29, 1.82) is 0 Å². The maximum Gasteiger partial charge on any atom is 0.227 e. The first kappa shape index (κ1) is 12.8. The van der Waals surface area contributed by atoms with E-state index in [1.54, 1.807) is 12.1 Å². The van der Waals surface area contributed by atoms with Crippen LogP contribution in [0.5, 0.6) is 0 Å². The first-order valence-electron chi connectivity index (χ1n) is 6.18. The molecule has 0 aliphatic heterocycles. The zero-order valence-corrected chi connectivity index (χ0v) is 12.0. The molecule has 0 unspecified atom stereocenters. The molecule has 5 heteroatoms. The highest BCUT2D eigenvalue weighted by molar-refractivity contribution is 6.33. The summed E-state index contributed by atoms with van der Waals surface area (Å²) in [5.41, 5.74) is 9.63. The van der Waals surface area contributed by atoms with Crippen LogP contribution in [0.3, 0.4) is 0 Å². The molecule has 1 aromatic heterocycles. The highest BCUT2D eigenvalue weighted by Gasteiger charge is 2.10. The van der Waals surface area contributed by atoms with E-state index in [4.69, 9.17) is 21.8 Å². The smallest absolute Gasteiger partial charge is 0.227 e. The number of halogens is 1. The van der Waals surface area contributed by atoms with Crippen LogP contribution in [0.25, 0.3) is 22.6 Å². The van der Waals surface area contributed by atoms with Gasteiger partial charge in [-0.25, -0.2) is 4.98 Å². The molecule has 0 spiro atoms. The van der Waals surface area contributed by atoms with Crippen molar-refractivity contribution >= 4 is 34.1 Å². The van der Waals surface area contributed by atoms with Crippen molar-refractivity contribution in [3.8, 4) is 11.5 Å². The summed E-state index contributed by atoms with van der Waals surface area (Å²) < 4.78 is 5.73. The predicted octanol–water partition coefficient (Wildman–Crippen LogP) is 3.80. The molecule has 0 amide bonds. The van der Waals surface area contributed by atoms with Crippen LogP contribution in [0.15, 0.2) is 40.8 Å². The largest absolute Gasteiger partial charge is 0.436 e. The summed E-state index contributed by atoms with van der Waals surface area (Å²) in [6, 6.07) is 11.4. The number of fused-ring (bicyclic) bond motifs is 1. The van der Waals surface area contributed by atoms with Gasteiger partial charge in [0.25, 0.3) is 0 Å². The quantitative estimate of drug-likeness (QED) is 0.729. The van der Waals surface area contributed by atoms with Gasteiger partial charge in [-0.05, 0) is 30.3 Å². The van der Waals surface area contributed by atoms with Crippen molar-refractivity contribution in [3.05, 3.63) is 41.4 Å². The summed E-state index contributed by atoms with van der Waals surface area (Å²) >= 11 is 5.99. The average Bonchev–Trinajstić information content (AvgIpc) is 2.82. The van der Waals surface area contributed by atoms with E-state index in [1.165, 1.54) is 0 Å². The number of oxazole rings is 1. The Balaban J connectivity index is 2.05. The Hall–Kier alpha value is -2.20. The molecule has 102 valence electrons. The minimum absolute atomic E-state index is 0.486. The second kappa shape index (κ2) is 4.72. The lowest BCUT2D eigenvalue weighted by molar-refractivity contribution is 0.620. The highest BCUT2D eigenvalue weighted by atomic mass is 35.5.